The lowest BCUT2D eigenvalue weighted by Crippen LogP contribution is -2.48. The van der Waals surface area contributed by atoms with Gasteiger partial charge in [0.05, 0.1) is 4.90 Å². The zero-order valence-corrected chi connectivity index (χ0v) is 12.7. The van der Waals surface area contributed by atoms with Crippen LogP contribution in [-0.2, 0) is 10.0 Å². The summed E-state index contributed by atoms with van der Waals surface area (Å²) in [6, 6.07) is 2.75. The topological polar surface area (TPSA) is 72.2 Å². The Bertz CT molecular complexity index is 533. The first kappa shape index (κ1) is 15.7. The monoisotopic (exact) mass is 310 g/mol. The molecule has 0 aliphatic rings. The summed E-state index contributed by atoms with van der Waals surface area (Å²) in [5.41, 5.74) is 5.41. The molecule has 3 N–H and O–H groups in total. The smallest absolute Gasteiger partial charge is 0.241 e. The second-order valence-electron chi connectivity index (χ2n) is 4.71. The van der Waals surface area contributed by atoms with Gasteiger partial charge >= 0.3 is 0 Å². The van der Waals surface area contributed by atoms with Crippen LogP contribution >= 0.6 is 23.2 Å². The Morgan fingerprint density at radius 1 is 1.28 bits per heavy atom. The van der Waals surface area contributed by atoms with Crippen LogP contribution < -0.4 is 10.5 Å². The van der Waals surface area contributed by atoms with Crippen LogP contribution in [0.2, 0.25) is 10.0 Å². The molecule has 0 spiro atoms. The molecule has 1 aromatic rings. The second-order valence-corrected chi connectivity index (χ2v) is 7.20. The zero-order chi connectivity index (χ0) is 14.1. The van der Waals surface area contributed by atoms with Crippen LogP contribution in [0.3, 0.4) is 0 Å². The number of hydrogen-bond donors (Lipinski definition) is 2. The Hall–Kier alpha value is -0.330. The molecular formula is C11H16Cl2N2O2S. The molecule has 4 nitrogen and oxygen atoms in total. The highest BCUT2D eigenvalue weighted by Crippen LogP contribution is 2.28. The second kappa shape index (κ2) is 5.35. The van der Waals surface area contributed by atoms with E-state index in [2.05, 4.69) is 4.72 Å². The molecule has 1 aromatic carbocycles. The van der Waals surface area contributed by atoms with Crippen LogP contribution in [0.4, 0.5) is 0 Å². The van der Waals surface area contributed by atoms with Crippen molar-refractivity contribution in [1.82, 2.24) is 4.72 Å². The van der Waals surface area contributed by atoms with E-state index < -0.39 is 15.6 Å². The summed E-state index contributed by atoms with van der Waals surface area (Å²) >= 11 is 11.9. The van der Waals surface area contributed by atoms with Crippen molar-refractivity contribution >= 4 is 33.2 Å². The third-order valence-corrected chi connectivity index (χ3v) is 4.95. The Labute approximate surface area is 118 Å². The molecule has 0 heterocycles. The first-order valence-electron chi connectivity index (χ1n) is 5.29. The molecule has 0 radical (unpaired) electrons. The Balaban J connectivity index is 3.22. The lowest BCUT2D eigenvalue weighted by molar-refractivity contribution is 0.462. The van der Waals surface area contributed by atoms with Crippen LogP contribution in [0.1, 0.15) is 19.4 Å². The summed E-state index contributed by atoms with van der Waals surface area (Å²) < 4.78 is 26.8. The highest BCUT2D eigenvalue weighted by Gasteiger charge is 2.25. The van der Waals surface area contributed by atoms with Crippen molar-refractivity contribution in [2.75, 3.05) is 6.54 Å². The molecule has 0 unspecified atom stereocenters. The molecule has 1 rings (SSSR count). The summed E-state index contributed by atoms with van der Waals surface area (Å²) in [5, 5.41) is 0.627. The first-order valence-corrected chi connectivity index (χ1v) is 7.53. The van der Waals surface area contributed by atoms with Gasteiger partial charge in [0, 0.05) is 22.1 Å². The molecule has 0 amide bonds. The number of halogens is 2. The number of rotatable bonds is 4. The normalized spacial score (nSPS) is 12.8. The Morgan fingerprint density at radius 3 is 2.11 bits per heavy atom. The Morgan fingerprint density at radius 2 is 1.72 bits per heavy atom. The SMILES string of the molecule is Cc1c(Cl)cc(S(=O)(=O)NC(C)(C)CN)cc1Cl. The molecule has 0 atom stereocenters. The lowest BCUT2D eigenvalue weighted by Gasteiger charge is -2.24. The molecular weight excluding hydrogens is 295 g/mol. The first-order chi connectivity index (χ1) is 8.09. The molecule has 0 aliphatic heterocycles. The van der Waals surface area contributed by atoms with E-state index in [1.165, 1.54) is 12.1 Å². The van der Waals surface area contributed by atoms with Gasteiger partial charge in [-0.2, -0.15) is 0 Å². The van der Waals surface area contributed by atoms with E-state index in [4.69, 9.17) is 28.9 Å². The van der Waals surface area contributed by atoms with E-state index in [-0.39, 0.29) is 11.4 Å². The van der Waals surface area contributed by atoms with Crippen molar-refractivity contribution in [2.24, 2.45) is 5.73 Å². The molecule has 102 valence electrons. The van der Waals surface area contributed by atoms with Crippen molar-refractivity contribution in [3.8, 4) is 0 Å². The number of nitrogens with one attached hydrogen (secondary N) is 1. The maximum Gasteiger partial charge on any atom is 0.241 e. The van der Waals surface area contributed by atoms with Crippen LogP contribution in [-0.4, -0.2) is 20.5 Å². The fourth-order valence-corrected chi connectivity index (χ4v) is 3.33. The van der Waals surface area contributed by atoms with E-state index in [0.29, 0.717) is 15.6 Å². The van der Waals surface area contributed by atoms with Crippen molar-refractivity contribution in [2.45, 2.75) is 31.2 Å². The van der Waals surface area contributed by atoms with Gasteiger partial charge in [0.15, 0.2) is 0 Å². The molecule has 0 aromatic heterocycles. The van der Waals surface area contributed by atoms with Gasteiger partial charge in [0.25, 0.3) is 0 Å². The maximum atomic E-state index is 12.1. The summed E-state index contributed by atoms with van der Waals surface area (Å²) in [7, 11) is -3.69. The third kappa shape index (κ3) is 3.59. The summed E-state index contributed by atoms with van der Waals surface area (Å²) in [5.74, 6) is 0. The number of sulfonamides is 1. The van der Waals surface area contributed by atoms with Crippen LogP contribution in [0, 0.1) is 6.92 Å². The van der Waals surface area contributed by atoms with Crippen LogP contribution in [0.15, 0.2) is 17.0 Å². The van der Waals surface area contributed by atoms with E-state index in [1.807, 2.05) is 0 Å². The zero-order valence-electron chi connectivity index (χ0n) is 10.4. The van der Waals surface area contributed by atoms with E-state index in [0.717, 1.165) is 0 Å². The molecule has 0 saturated carbocycles. The predicted molar refractivity (Wildman–Crippen MR) is 74.7 cm³/mol. The van der Waals surface area contributed by atoms with Crippen molar-refractivity contribution in [1.29, 1.82) is 0 Å². The Kier molecular flexibility index (Phi) is 4.67. The minimum absolute atomic E-state index is 0.0321. The van der Waals surface area contributed by atoms with Gasteiger partial charge in [-0.1, -0.05) is 23.2 Å². The van der Waals surface area contributed by atoms with Crippen molar-refractivity contribution in [3.05, 3.63) is 27.7 Å². The van der Waals surface area contributed by atoms with Gasteiger partial charge in [-0.05, 0) is 38.5 Å². The lowest BCUT2D eigenvalue weighted by atomic mass is 10.1. The minimum Gasteiger partial charge on any atom is -0.329 e. The molecule has 18 heavy (non-hydrogen) atoms. The van der Waals surface area contributed by atoms with Gasteiger partial charge in [0.1, 0.15) is 0 Å². The number of benzene rings is 1. The van der Waals surface area contributed by atoms with Crippen molar-refractivity contribution in [3.63, 3.8) is 0 Å². The van der Waals surface area contributed by atoms with E-state index >= 15 is 0 Å². The number of nitrogens with two attached hydrogens (primary N) is 1. The molecule has 0 aliphatic carbocycles. The summed E-state index contributed by atoms with van der Waals surface area (Å²) in [4.78, 5) is 0.0321. The van der Waals surface area contributed by atoms with Gasteiger partial charge in [-0.15, -0.1) is 0 Å². The highest BCUT2D eigenvalue weighted by atomic mass is 35.5. The average Bonchev–Trinajstić information content (AvgIpc) is 2.23. The summed E-state index contributed by atoms with van der Waals surface area (Å²) in [6.45, 7) is 5.29. The largest absolute Gasteiger partial charge is 0.329 e. The van der Waals surface area contributed by atoms with Gasteiger partial charge in [-0.25, -0.2) is 13.1 Å². The van der Waals surface area contributed by atoms with Gasteiger partial charge in [-0.3, -0.25) is 0 Å². The van der Waals surface area contributed by atoms with Crippen molar-refractivity contribution < 1.29 is 8.42 Å². The maximum absolute atomic E-state index is 12.1. The highest BCUT2D eigenvalue weighted by molar-refractivity contribution is 7.89. The standard InChI is InChI=1S/C11H16Cl2N2O2S/c1-7-9(12)4-8(5-10(7)13)18(16,17)15-11(2,3)6-14/h4-5,15H,6,14H2,1-3H3. The average molecular weight is 311 g/mol. The van der Waals surface area contributed by atoms with E-state index in [9.17, 15) is 8.42 Å². The number of hydrogen-bond acceptors (Lipinski definition) is 3. The fourth-order valence-electron chi connectivity index (χ4n) is 1.24. The van der Waals surface area contributed by atoms with E-state index in [1.54, 1.807) is 20.8 Å². The van der Waals surface area contributed by atoms with Crippen LogP contribution in [0.25, 0.3) is 0 Å². The van der Waals surface area contributed by atoms with Gasteiger partial charge < -0.3 is 5.73 Å². The summed E-state index contributed by atoms with van der Waals surface area (Å²) in [6.07, 6.45) is 0. The minimum atomic E-state index is -3.69. The fraction of sp³-hybridized carbons (Fsp3) is 0.455. The molecule has 0 bridgehead atoms. The molecule has 7 heteroatoms. The molecule has 0 saturated heterocycles. The van der Waals surface area contributed by atoms with Crippen LogP contribution in [0.5, 0.6) is 0 Å². The third-order valence-electron chi connectivity index (χ3n) is 2.49. The van der Waals surface area contributed by atoms with Gasteiger partial charge in [0.2, 0.25) is 10.0 Å². The quantitative estimate of drug-likeness (QED) is 0.896. The molecule has 0 fully saturated rings. The predicted octanol–water partition coefficient (Wildman–Crippen LogP) is 2.32.